The van der Waals surface area contributed by atoms with Gasteiger partial charge < -0.3 is 11.5 Å². The molecule has 2 aromatic rings. The number of hydrogen-bond acceptors (Lipinski definition) is 4. The van der Waals surface area contributed by atoms with Crippen LogP contribution in [0.25, 0.3) is 4.83 Å². The molecule has 0 fully saturated rings. The molecule has 0 bridgehead atoms. The molecule has 0 aliphatic heterocycles. The highest BCUT2D eigenvalue weighted by molar-refractivity contribution is 7.11. The van der Waals surface area contributed by atoms with Gasteiger partial charge in [-0.2, -0.15) is 4.37 Å². The monoisotopic (exact) mass is 154 g/mol. The molecule has 2 aromatic heterocycles. The molecular weight excluding hydrogens is 148 g/mol. The van der Waals surface area contributed by atoms with Gasteiger partial charge in [-0.3, -0.25) is 4.40 Å². The van der Waals surface area contributed by atoms with E-state index < -0.39 is 0 Å². The number of nitrogens with zero attached hydrogens (tertiary/aromatic N) is 2. The van der Waals surface area contributed by atoms with E-state index in [4.69, 9.17) is 11.5 Å². The molecule has 5 heteroatoms. The van der Waals surface area contributed by atoms with Crippen LogP contribution in [0, 0.1) is 0 Å². The minimum atomic E-state index is 0.573. The Morgan fingerprint density at radius 2 is 2.30 bits per heavy atom. The predicted octanol–water partition coefficient (Wildman–Crippen LogP) is 0.560. The van der Waals surface area contributed by atoms with Crippen molar-refractivity contribution in [1.82, 2.24) is 8.77 Å². The Hall–Kier alpha value is -1.23. The molecule has 10 heavy (non-hydrogen) atoms. The maximum atomic E-state index is 5.59. The number of nitrogens with two attached hydrogens (primary N) is 2. The third-order valence-corrected chi connectivity index (χ3v) is 2.08. The fourth-order valence-electron chi connectivity index (χ4n) is 0.848. The summed E-state index contributed by atoms with van der Waals surface area (Å²) in [6.45, 7) is 0. The van der Waals surface area contributed by atoms with E-state index in [1.54, 1.807) is 10.7 Å². The van der Waals surface area contributed by atoms with Gasteiger partial charge in [0.15, 0.2) is 0 Å². The lowest BCUT2D eigenvalue weighted by Crippen LogP contribution is -1.93. The van der Waals surface area contributed by atoms with E-state index in [0.717, 1.165) is 4.83 Å². The zero-order valence-corrected chi connectivity index (χ0v) is 5.93. The molecule has 2 heterocycles. The van der Waals surface area contributed by atoms with Crippen LogP contribution in [0.3, 0.4) is 0 Å². The van der Waals surface area contributed by atoms with Crippen LogP contribution in [0.1, 0.15) is 0 Å². The molecule has 0 radical (unpaired) electrons. The van der Waals surface area contributed by atoms with E-state index in [0.29, 0.717) is 11.5 Å². The van der Waals surface area contributed by atoms with Gasteiger partial charge in [0.05, 0.1) is 5.69 Å². The van der Waals surface area contributed by atoms with Gasteiger partial charge in [-0.25, -0.2) is 0 Å². The number of fused-ring (bicyclic) bond motifs is 1. The molecular formula is C5H6N4S. The molecule has 0 atom stereocenters. The Labute approximate surface area is 61.2 Å². The standard InChI is InChI=1S/C5H6N4S/c6-3-1-4-9(5(3)7)2-8-10-4/h1-2H,6-7H2. The summed E-state index contributed by atoms with van der Waals surface area (Å²) >= 11 is 1.38. The summed E-state index contributed by atoms with van der Waals surface area (Å²) in [7, 11) is 0. The van der Waals surface area contributed by atoms with Gasteiger partial charge in [0.25, 0.3) is 0 Å². The van der Waals surface area contributed by atoms with Gasteiger partial charge in [0.1, 0.15) is 17.0 Å². The molecule has 4 nitrogen and oxygen atoms in total. The van der Waals surface area contributed by atoms with Crippen LogP contribution >= 0.6 is 11.5 Å². The van der Waals surface area contributed by atoms with Crippen LogP contribution in [0.5, 0.6) is 0 Å². The molecule has 52 valence electrons. The average molecular weight is 154 g/mol. The van der Waals surface area contributed by atoms with Crippen molar-refractivity contribution in [2.45, 2.75) is 0 Å². The Bertz CT molecular complexity index is 360. The second-order valence-electron chi connectivity index (χ2n) is 2.01. The van der Waals surface area contributed by atoms with E-state index in [1.807, 2.05) is 6.07 Å². The quantitative estimate of drug-likeness (QED) is 0.582. The first kappa shape index (κ1) is 5.55. The highest BCUT2D eigenvalue weighted by Crippen LogP contribution is 2.22. The zero-order valence-electron chi connectivity index (χ0n) is 5.11. The van der Waals surface area contributed by atoms with Crippen LogP contribution in [0.15, 0.2) is 12.4 Å². The lowest BCUT2D eigenvalue weighted by Gasteiger charge is -1.88. The summed E-state index contributed by atoms with van der Waals surface area (Å²) in [6.07, 6.45) is 1.66. The van der Waals surface area contributed by atoms with Crippen molar-refractivity contribution in [2.24, 2.45) is 0 Å². The predicted molar refractivity (Wildman–Crippen MR) is 41.9 cm³/mol. The highest BCUT2D eigenvalue weighted by atomic mass is 32.1. The van der Waals surface area contributed by atoms with Crippen molar-refractivity contribution in [3.05, 3.63) is 12.4 Å². The normalized spacial score (nSPS) is 10.8. The maximum Gasteiger partial charge on any atom is 0.133 e. The first-order chi connectivity index (χ1) is 4.79. The number of nitrogen functional groups attached to an aromatic ring is 2. The number of anilines is 2. The fourth-order valence-corrected chi connectivity index (χ4v) is 1.51. The molecule has 0 unspecified atom stereocenters. The molecule has 0 amide bonds. The summed E-state index contributed by atoms with van der Waals surface area (Å²) in [6, 6.07) is 1.81. The van der Waals surface area contributed by atoms with E-state index in [-0.39, 0.29) is 0 Å². The minimum Gasteiger partial charge on any atom is -0.396 e. The minimum absolute atomic E-state index is 0.573. The Morgan fingerprint density at radius 1 is 1.50 bits per heavy atom. The second kappa shape index (κ2) is 1.63. The zero-order chi connectivity index (χ0) is 7.14. The van der Waals surface area contributed by atoms with Gasteiger partial charge >= 0.3 is 0 Å². The van der Waals surface area contributed by atoms with Gasteiger partial charge in [0.2, 0.25) is 0 Å². The summed E-state index contributed by atoms with van der Waals surface area (Å²) in [5.74, 6) is 0.573. The molecule has 0 aliphatic rings. The Morgan fingerprint density at radius 3 is 3.00 bits per heavy atom. The average Bonchev–Trinajstić information content (AvgIpc) is 2.41. The van der Waals surface area contributed by atoms with Crippen molar-refractivity contribution < 1.29 is 0 Å². The first-order valence-corrected chi connectivity index (χ1v) is 3.53. The lowest BCUT2D eigenvalue weighted by molar-refractivity contribution is 1.20. The molecule has 0 aliphatic carbocycles. The molecule has 4 N–H and O–H groups in total. The fraction of sp³-hybridized carbons (Fsp3) is 0. The number of rotatable bonds is 0. The van der Waals surface area contributed by atoms with Crippen LogP contribution in [0.2, 0.25) is 0 Å². The SMILES string of the molecule is Nc1cc2sncn2c1N. The molecule has 0 spiro atoms. The van der Waals surface area contributed by atoms with Crippen LogP contribution in [-0.4, -0.2) is 8.77 Å². The van der Waals surface area contributed by atoms with Crippen molar-refractivity contribution in [1.29, 1.82) is 0 Å². The van der Waals surface area contributed by atoms with Gasteiger partial charge in [-0.05, 0) is 11.5 Å². The lowest BCUT2D eigenvalue weighted by atomic mass is 10.5. The van der Waals surface area contributed by atoms with Crippen molar-refractivity contribution >= 4 is 27.9 Å². The van der Waals surface area contributed by atoms with E-state index in [9.17, 15) is 0 Å². The molecule has 0 saturated carbocycles. The summed E-state index contributed by atoms with van der Waals surface area (Å²) in [5.41, 5.74) is 11.7. The summed E-state index contributed by atoms with van der Waals surface area (Å²) in [4.78, 5) is 0.981. The number of hydrogen-bond donors (Lipinski definition) is 2. The molecule has 2 rings (SSSR count). The summed E-state index contributed by atoms with van der Waals surface area (Å²) < 4.78 is 5.70. The maximum absolute atomic E-state index is 5.59. The highest BCUT2D eigenvalue weighted by Gasteiger charge is 2.03. The largest absolute Gasteiger partial charge is 0.396 e. The van der Waals surface area contributed by atoms with E-state index in [2.05, 4.69) is 4.37 Å². The number of aromatic nitrogens is 2. The first-order valence-electron chi connectivity index (χ1n) is 2.76. The third-order valence-electron chi connectivity index (χ3n) is 1.38. The Kier molecular flexibility index (Phi) is 0.906. The second-order valence-corrected chi connectivity index (χ2v) is 2.82. The third kappa shape index (κ3) is 0.522. The van der Waals surface area contributed by atoms with Crippen LogP contribution < -0.4 is 11.5 Å². The van der Waals surface area contributed by atoms with Crippen LogP contribution in [0.4, 0.5) is 11.5 Å². The van der Waals surface area contributed by atoms with Crippen LogP contribution in [-0.2, 0) is 0 Å². The summed E-state index contributed by atoms with van der Waals surface area (Å²) in [5, 5.41) is 0. The molecule has 0 aromatic carbocycles. The molecule has 0 saturated heterocycles. The topological polar surface area (TPSA) is 69.3 Å². The Balaban J connectivity index is 2.95. The van der Waals surface area contributed by atoms with Crippen molar-refractivity contribution in [2.75, 3.05) is 11.5 Å². The van der Waals surface area contributed by atoms with E-state index >= 15 is 0 Å². The van der Waals surface area contributed by atoms with Gasteiger partial charge in [-0.15, -0.1) is 0 Å². The van der Waals surface area contributed by atoms with Crippen molar-refractivity contribution in [3.8, 4) is 0 Å². The van der Waals surface area contributed by atoms with Gasteiger partial charge in [0, 0.05) is 6.07 Å². The van der Waals surface area contributed by atoms with Gasteiger partial charge in [-0.1, -0.05) is 0 Å². The van der Waals surface area contributed by atoms with Crippen molar-refractivity contribution in [3.63, 3.8) is 0 Å². The van der Waals surface area contributed by atoms with E-state index in [1.165, 1.54) is 11.5 Å². The smallest absolute Gasteiger partial charge is 0.133 e.